The molecule has 37 heavy (non-hydrogen) atoms. The lowest BCUT2D eigenvalue weighted by atomic mass is 10.1. The molecule has 0 saturated heterocycles. The number of nitrogens with two attached hydrogens (primary N) is 2. The van der Waals surface area contributed by atoms with Gasteiger partial charge in [-0.25, -0.2) is 15.0 Å². The second-order valence-electron chi connectivity index (χ2n) is 9.70. The van der Waals surface area contributed by atoms with Crippen molar-refractivity contribution in [2.45, 2.75) is 20.4 Å². The molecule has 4 N–H and O–H groups in total. The normalized spacial score (nSPS) is 11.6. The van der Waals surface area contributed by atoms with E-state index in [-0.39, 0.29) is 0 Å². The van der Waals surface area contributed by atoms with Crippen LogP contribution in [0.25, 0.3) is 39.5 Å². The van der Waals surface area contributed by atoms with Crippen LogP contribution in [0.2, 0.25) is 0 Å². The van der Waals surface area contributed by atoms with Crippen LogP contribution in [0.1, 0.15) is 19.4 Å². The molecule has 188 valence electrons. The van der Waals surface area contributed by atoms with Crippen molar-refractivity contribution in [1.82, 2.24) is 24.4 Å². The number of hydrogen-bond donors (Lipinski definition) is 2. The summed E-state index contributed by atoms with van der Waals surface area (Å²) in [5.41, 5.74) is 18.7. The number of benzene rings is 2. The van der Waals surface area contributed by atoms with E-state index < -0.39 is 0 Å². The lowest BCUT2D eigenvalue weighted by Gasteiger charge is -2.23. The average Bonchev–Trinajstić information content (AvgIpc) is 3.28. The number of nitrogen functional groups attached to an aromatic ring is 1. The highest BCUT2D eigenvalue weighted by atomic mass is 15.1. The Balaban J connectivity index is 1.60. The first kappa shape index (κ1) is 24.6. The Morgan fingerprint density at radius 2 is 1.68 bits per heavy atom. The summed E-state index contributed by atoms with van der Waals surface area (Å²) in [6, 6.07) is 26.6. The van der Waals surface area contributed by atoms with Gasteiger partial charge in [0.15, 0.2) is 11.5 Å². The van der Waals surface area contributed by atoms with Gasteiger partial charge in [-0.2, -0.15) is 0 Å². The van der Waals surface area contributed by atoms with Crippen molar-refractivity contribution in [2.24, 2.45) is 11.7 Å². The number of pyridine rings is 2. The van der Waals surface area contributed by atoms with Crippen molar-refractivity contribution in [2.75, 3.05) is 25.4 Å². The van der Waals surface area contributed by atoms with E-state index in [1.165, 1.54) is 5.56 Å². The van der Waals surface area contributed by atoms with Crippen molar-refractivity contribution in [1.29, 1.82) is 0 Å². The van der Waals surface area contributed by atoms with E-state index in [0.717, 1.165) is 59.1 Å². The molecule has 7 nitrogen and oxygen atoms in total. The summed E-state index contributed by atoms with van der Waals surface area (Å²) < 4.78 is 2.07. The zero-order valence-corrected chi connectivity index (χ0v) is 21.4. The van der Waals surface area contributed by atoms with Crippen LogP contribution in [0.5, 0.6) is 0 Å². The molecule has 0 aliphatic rings. The summed E-state index contributed by atoms with van der Waals surface area (Å²) in [5.74, 6) is 1.74. The van der Waals surface area contributed by atoms with E-state index in [1.54, 1.807) is 6.20 Å². The van der Waals surface area contributed by atoms with Gasteiger partial charge in [-0.15, -0.1) is 0 Å². The molecule has 0 saturated carbocycles. The van der Waals surface area contributed by atoms with E-state index in [2.05, 4.69) is 64.7 Å². The van der Waals surface area contributed by atoms with Crippen molar-refractivity contribution in [3.63, 3.8) is 0 Å². The summed E-state index contributed by atoms with van der Waals surface area (Å²) in [6.07, 6.45) is 1.69. The van der Waals surface area contributed by atoms with Crippen molar-refractivity contribution in [3.05, 3.63) is 90.6 Å². The highest BCUT2D eigenvalue weighted by Crippen LogP contribution is 2.31. The predicted molar refractivity (Wildman–Crippen MR) is 151 cm³/mol. The smallest absolute Gasteiger partial charge is 0.165 e. The number of anilines is 1. The van der Waals surface area contributed by atoms with Gasteiger partial charge in [-0.1, -0.05) is 56.3 Å². The third kappa shape index (κ3) is 5.38. The quantitative estimate of drug-likeness (QED) is 0.296. The van der Waals surface area contributed by atoms with Crippen LogP contribution in [0.15, 0.2) is 85.1 Å². The fourth-order valence-corrected chi connectivity index (χ4v) is 4.70. The zero-order valence-electron chi connectivity index (χ0n) is 21.4. The van der Waals surface area contributed by atoms with Crippen LogP contribution in [0.4, 0.5) is 5.82 Å². The van der Waals surface area contributed by atoms with Gasteiger partial charge in [-0.3, -0.25) is 9.47 Å². The molecule has 0 radical (unpaired) electrons. The Hall–Kier alpha value is -4.07. The summed E-state index contributed by atoms with van der Waals surface area (Å²) in [4.78, 5) is 16.7. The molecule has 3 aromatic heterocycles. The van der Waals surface area contributed by atoms with E-state index in [4.69, 9.17) is 21.4 Å². The molecule has 0 bridgehead atoms. The van der Waals surface area contributed by atoms with Crippen LogP contribution in [0, 0.1) is 5.92 Å². The Morgan fingerprint density at radius 1 is 0.892 bits per heavy atom. The van der Waals surface area contributed by atoms with Crippen molar-refractivity contribution in [3.8, 4) is 28.3 Å². The largest absolute Gasteiger partial charge is 0.383 e. The van der Waals surface area contributed by atoms with Gasteiger partial charge >= 0.3 is 0 Å². The minimum absolute atomic E-state index is 0.435. The maximum atomic E-state index is 6.29. The SMILES string of the molecule is CC(C)CN(CCN)Cc1ccc(-n2c(-c3cccnc3N)nc3ccc(-c4ccccc4)nc32)cc1. The number of imidazole rings is 1. The maximum absolute atomic E-state index is 6.29. The van der Waals surface area contributed by atoms with Crippen molar-refractivity contribution < 1.29 is 0 Å². The molecule has 2 aromatic carbocycles. The van der Waals surface area contributed by atoms with E-state index in [9.17, 15) is 0 Å². The molecule has 0 aliphatic carbocycles. The van der Waals surface area contributed by atoms with Gasteiger partial charge in [0, 0.05) is 43.6 Å². The van der Waals surface area contributed by atoms with Crippen LogP contribution in [0.3, 0.4) is 0 Å². The van der Waals surface area contributed by atoms with Gasteiger partial charge in [-0.05, 0) is 47.9 Å². The molecule has 0 fully saturated rings. The summed E-state index contributed by atoms with van der Waals surface area (Å²) >= 11 is 0. The number of aromatic nitrogens is 4. The summed E-state index contributed by atoms with van der Waals surface area (Å²) in [7, 11) is 0. The second-order valence-corrected chi connectivity index (χ2v) is 9.70. The van der Waals surface area contributed by atoms with Crippen LogP contribution < -0.4 is 11.5 Å². The molecule has 0 amide bonds. The molecule has 5 aromatic rings. The molecule has 3 heterocycles. The van der Waals surface area contributed by atoms with Gasteiger partial charge in [0.1, 0.15) is 11.3 Å². The molecular formula is C30H33N7. The molecule has 0 aliphatic heterocycles. The Bertz CT molecular complexity index is 1470. The highest BCUT2D eigenvalue weighted by molar-refractivity contribution is 5.84. The monoisotopic (exact) mass is 491 g/mol. The second kappa shape index (κ2) is 10.9. The molecule has 0 unspecified atom stereocenters. The van der Waals surface area contributed by atoms with E-state index >= 15 is 0 Å². The van der Waals surface area contributed by atoms with Gasteiger partial charge in [0.25, 0.3) is 0 Å². The zero-order chi connectivity index (χ0) is 25.8. The average molecular weight is 492 g/mol. The number of hydrogen-bond acceptors (Lipinski definition) is 6. The van der Waals surface area contributed by atoms with Gasteiger partial charge in [0.2, 0.25) is 0 Å². The van der Waals surface area contributed by atoms with Crippen LogP contribution >= 0.6 is 0 Å². The Labute approximate surface area is 217 Å². The summed E-state index contributed by atoms with van der Waals surface area (Å²) in [6.45, 7) is 7.87. The maximum Gasteiger partial charge on any atom is 0.165 e. The fraction of sp³-hybridized carbons (Fsp3) is 0.233. The van der Waals surface area contributed by atoms with Crippen molar-refractivity contribution >= 4 is 17.0 Å². The van der Waals surface area contributed by atoms with Crippen LogP contribution in [-0.4, -0.2) is 44.1 Å². The lowest BCUT2D eigenvalue weighted by Crippen LogP contribution is -2.32. The molecule has 0 atom stereocenters. The minimum Gasteiger partial charge on any atom is -0.383 e. The van der Waals surface area contributed by atoms with E-state index in [1.807, 2.05) is 42.5 Å². The molecule has 7 heteroatoms. The molecular weight excluding hydrogens is 458 g/mol. The van der Waals surface area contributed by atoms with Gasteiger partial charge in [0.05, 0.1) is 11.3 Å². The number of nitrogens with zero attached hydrogens (tertiary/aromatic N) is 5. The standard InChI is InChI=1S/C30H33N7/c1-21(2)19-36(18-16-31)20-22-10-12-24(13-11-22)37-29(25-9-6-17-33-28(25)32)35-27-15-14-26(34-30(27)37)23-7-4-3-5-8-23/h3-15,17,21H,16,18-20,31H2,1-2H3,(H2,32,33). The fourth-order valence-electron chi connectivity index (χ4n) is 4.70. The van der Waals surface area contributed by atoms with Crippen LogP contribution in [-0.2, 0) is 6.54 Å². The molecule has 5 rings (SSSR count). The number of fused-ring (bicyclic) bond motifs is 1. The first-order valence-corrected chi connectivity index (χ1v) is 12.7. The lowest BCUT2D eigenvalue weighted by molar-refractivity contribution is 0.242. The Kier molecular flexibility index (Phi) is 7.25. The third-order valence-electron chi connectivity index (χ3n) is 6.32. The highest BCUT2D eigenvalue weighted by Gasteiger charge is 2.19. The predicted octanol–water partition coefficient (Wildman–Crippen LogP) is 5.15. The summed E-state index contributed by atoms with van der Waals surface area (Å²) in [5, 5.41) is 0. The Morgan fingerprint density at radius 3 is 2.38 bits per heavy atom. The van der Waals surface area contributed by atoms with Gasteiger partial charge < -0.3 is 11.5 Å². The minimum atomic E-state index is 0.435. The first-order chi connectivity index (χ1) is 18.0. The third-order valence-corrected chi connectivity index (χ3v) is 6.32. The number of rotatable bonds is 9. The first-order valence-electron chi connectivity index (χ1n) is 12.7. The van der Waals surface area contributed by atoms with E-state index in [0.29, 0.717) is 18.3 Å². The topological polar surface area (TPSA) is 98.9 Å². The molecule has 0 spiro atoms.